The molecule has 6 heteroatoms. The molecule has 98 valence electrons. The zero-order chi connectivity index (χ0) is 14.0. The lowest BCUT2D eigenvalue weighted by Crippen LogP contribution is -2.36. The third-order valence-electron chi connectivity index (χ3n) is 2.69. The van der Waals surface area contributed by atoms with Crippen LogP contribution in [0.5, 0.6) is 5.88 Å². The van der Waals surface area contributed by atoms with Crippen molar-refractivity contribution in [3.8, 4) is 5.88 Å². The van der Waals surface area contributed by atoms with Crippen molar-refractivity contribution < 1.29 is 9.90 Å². The van der Waals surface area contributed by atoms with Crippen molar-refractivity contribution in [2.24, 2.45) is 0 Å². The third-order valence-corrected chi connectivity index (χ3v) is 2.69. The van der Waals surface area contributed by atoms with Gasteiger partial charge in [0.05, 0.1) is 12.1 Å². The van der Waals surface area contributed by atoms with Gasteiger partial charge in [0.1, 0.15) is 0 Å². The molecule has 0 saturated carbocycles. The highest BCUT2D eigenvalue weighted by molar-refractivity contribution is 5.95. The fourth-order valence-corrected chi connectivity index (χ4v) is 1.77. The standard InChI is InChI=1S/C13H12N2O4/c1-8(16)10-11(17)14-13(19)15(12(10)18)7-9-5-3-2-4-6-9/h2-6,18H,7H2,1H3,(H,14,17,19)/p-1. The number of hydrogen-bond donors (Lipinski definition) is 1. The molecule has 0 amide bonds. The maximum atomic E-state index is 12.0. The van der Waals surface area contributed by atoms with Gasteiger partial charge < -0.3 is 9.67 Å². The summed E-state index contributed by atoms with van der Waals surface area (Å²) in [7, 11) is 0. The van der Waals surface area contributed by atoms with Gasteiger partial charge in [0, 0.05) is 0 Å². The number of carbonyl (C=O) groups is 1. The predicted octanol–water partition coefficient (Wildman–Crippen LogP) is -0.139. The van der Waals surface area contributed by atoms with Crippen LogP contribution >= 0.6 is 0 Å². The Morgan fingerprint density at radius 1 is 1.26 bits per heavy atom. The van der Waals surface area contributed by atoms with Crippen LogP contribution in [-0.4, -0.2) is 15.3 Å². The lowest BCUT2D eigenvalue weighted by molar-refractivity contribution is -0.280. The van der Waals surface area contributed by atoms with Gasteiger partial charge in [-0.15, -0.1) is 0 Å². The molecule has 1 aromatic heterocycles. The Balaban J connectivity index is 2.58. The van der Waals surface area contributed by atoms with E-state index < -0.39 is 28.5 Å². The highest BCUT2D eigenvalue weighted by Gasteiger charge is 2.11. The molecule has 2 aromatic rings. The molecule has 0 spiro atoms. The van der Waals surface area contributed by atoms with Crippen LogP contribution in [0.3, 0.4) is 0 Å². The molecule has 19 heavy (non-hydrogen) atoms. The molecule has 0 aliphatic rings. The first-order valence-corrected chi connectivity index (χ1v) is 5.59. The number of aromatic nitrogens is 2. The number of nitrogens with one attached hydrogen (secondary N) is 1. The quantitative estimate of drug-likeness (QED) is 0.776. The maximum Gasteiger partial charge on any atom is 0.328 e. The summed E-state index contributed by atoms with van der Waals surface area (Å²) in [6.07, 6.45) is 0. The van der Waals surface area contributed by atoms with Crippen molar-refractivity contribution in [1.29, 1.82) is 0 Å². The molecule has 1 N–H and O–H groups in total. The van der Waals surface area contributed by atoms with Crippen LogP contribution in [0.25, 0.3) is 0 Å². The summed E-state index contributed by atoms with van der Waals surface area (Å²) >= 11 is 0. The van der Waals surface area contributed by atoms with E-state index in [1.807, 2.05) is 4.98 Å². The minimum Gasteiger partial charge on any atom is -0.859 e. The van der Waals surface area contributed by atoms with Crippen molar-refractivity contribution in [3.05, 3.63) is 62.3 Å². The van der Waals surface area contributed by atoms with E-state index in [1.165, 1.54) is 0 Å². The number of Topliss-reactive ketones (excluding diaryl/α,β-unsaturated/α-hetero) is 1. The first-order chi connectivity index (χ1) is 9.00. The Morgan fingerprint density at radius 3 is 2.47 bits per heavy atom. The van der Waals surface area contributed by atoms with E-state index in [0.29, 0.717) is 0 Å². The second kappa shape index (κ2) is 4.93. The molecule has 0 aliphatic heterocycles. The van der Waals surface area contributed by atoms with Crippen LogP contribution in [0.1, 0.15) is 22.8 Å². The summed E-state index contributed by atoms with van der Waals surface area (Å²) in [5.74, 6) is -1.52. The smallest absolute Gasteiger partial charge is 0.328 e. The van der Waals surface area contributed by atoms with Crippen LogP contribution in [0.2, 0.25) is 0 Å². The maximum absolute atomic E-state index is 12.0. The molecule has 0 fully saturated rings. The van der Waals surface area contributed by atoms with Gasteiger partial charge in [-0.05, 0) is 18.4 Å². The predicted molar refractivity (Wildman–Crippen MR) is 66.3 cm³/mol. The average Bonchev–Trinajstić information content (AvgIpc) is 2.35. The van der Waals surface area contributed by atoms with E-state index in [-0.39, 0.29) is 6.54 Å². The van der Waals surface area contributed by atoms with Gasteiger partial charge in [-0.25, -0.2) is 4.79 Å². The van der Waals surface area contributed by atoms with Crippen LogP contribution in [0, 0.1) is 0 Å². The number of aromatic amines is 1. The van der Waals surface area contributed by atoms with E-state index >= 15 is 0 Å². The third kappa shape index (κ3) is 2.47. The second-order valence-corrected chi connectivity index (χ2v) is 4.07. The van der Waals surface area contributed by atoms with Gasteiger partial charge in [-0.1, -0.05) is 30.3 Å². The van der Waals surface area contributed by atoms with E-state index in [9.17, 15) is 19.5 Å². The molecular weight excluding hydrogens is 248 g/mol. The van der Waals surface area contributed by atoms with Crippen molar-refractivity contribution in [1.82, 2.24) is 9.55 Å². The summed E-state index contributed by atoms with van der Waals surface area (Å²) in [5.41, 5.74) is -1.55. The zero-order valence-electron chi connectivity index (χ0n) is 10.2. The summed E-state index contributed by atoms with van der Waals surface area (Å²) < 4.78 is 0.841. The highest BCUT2D eigenvalue weighted by atomic mass is 16.3. The fraction of sp³-hybridized carbons (Fsp3) is 0.154. The van der Waals surface area contributed by atoms with Crippen LogP contribution in [-0.2, 0) is 6.54 Å². The van der Waals surface area contributed by atoms with Crippen molar-refractivity contribution in [2.75, 3.05) is 0 Å². The Hall–Kier alpha value is -2.63. The Kier molecular flexibility index (Phi) is 3.33. The first-order valence-electron chi connectivity index (χ1n) is 5.59. The van der Waals surface area contributed by atoms with Gasteiger partial charge in [-0.2, -0.15) is 0 Å². The molecule has 0 radical (unpaired) electrons. The number of H-pyrrole nitrogens is 1. The van der Waals surface area contributed by atoms with Crippen molar-refractivity contribution in [2.45, 2.75) is 13.5 Å². The molecule has 6 nitrogen and oxygen atoms in total. The number of ketones is 1. The number of hydrogen-bond acceptors (Lipinski definition) is 4. The number of rotatable bonds is 3. The molecule has 2 rings (SSSR count). The fourth-order valence-electron chi connectivity index (χ4n) is 1.77. The average molecular weight is 259 g/mol. The Morgan fingerprint density at radius 2 is 1.89 bits per heavy atom. The van der Waals surface area contributed by atoms with E-state index in [0.717, 1.165) is 17.1 Å². The molecular formula is C13H11N2O4-. The largest absolute Gasteiger partial charge is 0.859 e. The summed E-state index contributed by atoms with van der Waals surface area (Å²) in [6, 6.07) is 8.82. The highest BCUT2D eigenvalue weighted by Crippen LogP contribution is 2.09. The summed E-state index contributed by atoms with van der Waals surface area (Å²) in [6.45, 7) is 1.12. The molecule has 0 unspecified atom stereocenters. The zero-order valence-corrected chi connectivity index (χ0v) is 10.2. The second-order valence-electron chi connectivity index (χ2n) is 4.07. The first kappa shape index (κ1) is 12.8. The molecule has 0 atom stereocenters. The van der Waals surface area contributed by atoms with Crippen LogP contribution < -0.4 is 16.4 Å². The molecule has 0 saturated heterocycles. The Labute approximate surface area is 108 Å². The number of benzene rings is 1. The lowest BCUT2D eigenvalue weighted by Gasteiger charge is -2.18. The van der Waals surface area contributed by atoms with E-state index in [2.05, 4.69) is 0 Å². The SMILES string of the molecule is CC(=O)c1c([O-])n(Cc2ccccc2)c(=O)[nH]c1=O. The van der Waals surface area contributed by atoms with Gasteiger partial charge in [0.15, 0.2) is 5.78 Å². The molecule has 1 heterocycles. The van der Waals surface area contributed by atoms with E-state index in [1.54, 1.807) is 30.3 Å². The van der Waals surface area contributed by atoms with Crippen molar-refractivity contribution >= 4 is 5.78 Å². The Bertz CT molecular complexity index is 729. The van der Waals surface area contributed by atoms with Gasteiger partial charge >= 0.3 is 5.69 Å². The van der Waals surface area contributed by atoms with Gasteiger partial charge in [0.25, 0.3) is 5.56 Å². The molecule has 0 aliphatic carbocycles. The van der Waals surface area contributed by atoms with Gasteiger partial charge in [-0.3, -0.25) is 14.6 Å². The molecule has 1 aromatic carbocycles. The number of carbonyl (C=O) groups excluding carboxylic acids is 1. The normalized spacial score (nSPS) is 10.4. The van der Waals surface area contributed by atoms with Crippen molar-refractivity contribution in [3.63, 3.8) is 0 Å². The van der Waals surface area contributed by atoms with Crippen LogP contribution in [0.15, 0.2) is 39.9 Å². The summed E-state index contributed by atoms with van der Waals surface area (Å²) in [5, 5.41) is 12.0. The summed E-state index contributed by atoms with van der Waals surface area (Å²) in [4.78, 5) is 36.3. The van der Waals surface area contributed by atoms with Crippen LogP contribution in [0.4, 0.5) is 0 Å². The topological polar surface area (TPSA) is 95.0 Å². The lowest BCUT2D eigenvalue weighted by atomic mass is 10.2. The monoisotopic (exact) mass is 259 g/mol. The number of nitrogens with zero attached hydrogens (tertiary/aromatic N) is 1. The van der Waals surface area contributed by atoms with Gasteiger partial charge in [0.2, 0.25) is 0 Å². The molecule has 0 bridgehead atoms. The van der Waals surface area contributed by atoms with E-state index in [4.69, 9.17) is 0 Å². The minimum absolute atomic E-state index is 0.00949. The minimum atomic E-state index is -0.938.